The normalized spacial score (nSPS) is 27.4. The zero-order chi connectivity index (χ0) is 17.9. The number of sulfonamides is 1. The molecule has 0 spiro atoms. The van der Waals surface area contributed by atoms with Gasteiger partial charge in [-0.1, -0.05) is 0 Å². The molecule has 3 rings (SSSR count). The summed E-state index contributed by atoms with van der Waals surface area (Å²) in [5, 5.41) is 0. The number of ether oxygens (including phenoxy) is 2. The molecule has 0 radical (unpaired) electrons. The summed E-state index contributed by atoms with van der Waals surface area (Å²) in [5.41, 5.74) is 5.83. The lowest BCUT2D eigenvalue weighted by Crippen LogP contribution is -2.40. The maximum Gasteiger partial charge on any atom is 0.240 e. The van der Waals surface area contributed by atoms with E-state index in [0.29, 0.717) is 32.7 Å². The molecule has 1 aromatic carbocycles. The van der Waals surface area contributed by atoms with Crippen molar-refractivity contribution in [1.82, 2.24) is 4.72 Å². The van der Waals surface area contributed by atoms with Crippen molar-refractivity contribution in [3.05, 3.63) is 24.0 Å². The monoisotopic (exact) mass is 372 g/mol. The van der Waals surface area contributed by atoms with Crippen LogP contribution >= 0.6 is 0 Å². The zero-order valence-corrected chi connectivity index (χ0v) is 14.9. The number of hydrogen-bond acceptors (Lipinski definition) is 5. The standard InChI is InChI=1S/C17H25FN2O4S/c18-16-9-15(5-6-17(16)24-11-12-7-8-23-10-12)25(21,22)20-14-3-1-13(19)2-4-14/h5-6,9,12-14,20H,1-4,7-8,10-11,19H2. The number of nitrogens with one attached hydrogen (secondary N) is 1. The minimum Gasteiger partial charge on any atom is -0.490 e. The molecular weight excluding hydrogens is 347 g/mol. The molecule has 0 bridgehead atoms. The average molecular weight is 372 g/mol. The molecule has 8 heteroatoms. The Morgan fingerprint density at radius 3 is 2.64 bits per heavy atom. The van der Waals surface area contributed by atoms with E-state index in [1.807, 2.05) is 0 Å². The molecule has 1 aliphatic heterocycles. The van der Waals surface area contributed by atoms with Crippen molar-refractivity contribution in [3.8, 4) is 5.75 Å². The van der Waals surface area contributed by atoms with Crippen LogP contribution in [-0.4, -0.2) is 40.3 Å². The molecule has 3 N–H and O–H groups in total. The van der Waals surface area contributed by atoms with Crippen LogP contribution in [0.2, 0.25) is 0 Å². The van der Waals surface area contributed by atoms with E-state index in [4.69, 9.17) is 15.2 Å². The van der Waals surface area contributed by atoms with E-state index in [9.17, 15) is 12.8 Å². The highest BCUT2D eigenvalue weighted by molar-refractivity contribution is 7.89. The maximum atomic E-state index is 14.2. The first kappa shape index (κ1) is 18.6. The van der Waals surface area contributed by atoms with Crippen LogP contribution in [0.15, 0.2) is 23.1 Å². The Labute approximate surface area is 147 Å². The first-order chi connectivity index (χ1) is 11.9. The summed E-state index contributed by atoms with van der Waals surface area (Å²) in [7, 11) is -3.75. The molecule has 1 saturated heterocycles. The number of halogens is 1. The van der Waals surface area contributed by atoms with Gasteiger partial charge in [-0.2, -0.15) is 0 Å². The van der Waals surface area contributed by atoms with Gasteiger partial charge >= 0.3 is 0 Å². The quantitative estimate of drug-likeness (QED) is 0.794. The number of rotatable bonds is 6. The minimum absolute atomic E-state index is 0.0643. The first-order valence-electron chi connectivity index (χ1n) is 8.72. The van der Waals surface area contributed by atoms with E-state index in [0.717, 1.165) is 25.3 Å². The van der Waals surface area contributed by atoms with Gasteiger partial charge in [0.15, 0.2) is 11.6 Å². The van der Waals surface area contributed by atoms with Gasteiger partial charge in [0, 0.05) is 24.6 Å². The van der Waals surface area contributed by atoms with E-state index in [1.54, 1.807) is 0 Å². The Morgan fingerprint density at radius 2 is 2.00 bits per heavy atom. The van der Waals surface area contributed by atoms with Crippen LogP contribution in [0.5, 0.6) is 5.75 Å². The smallest absolute Gasteiger partial charge is 0.240 e. The highest BCUT2D eigenvalue weighted by Gasteiger charge is 2.25. The second-order valence-corrected chi connectivity index (χ2v) is 8.58. The summed E-state index contributed by atoms with van der Waals surface area (Å²) >= 11 is 0. The van der Waals surface area contributed by atoms with Crippen LogP contribution in [0.1, 0.15) is 32.1 Å². The summed E-state index contributed by atoms with van der Waals surface area (Å²) in [6.07, 6.45) is 3.88. The molecule has 1 heterocycles. The fourth-order valence-corrected chi connectivity index (χ4v) is 4.53. The molecule has 2 fully saturated rings. The van der Waals surface area contributed by atoms with Crippen molar-refractivity contribution in [2.75, 3.05) is 19.8 Å². The summed E-state index contributed by atoms with van der Waals surface area (Å²) < 4.78 is 52.5. The summed E-state index contributed by atoms with van der Waals surface area (Å²) in [4.78, 5) is -0.0866. The molecule has 0 aromatic heterocycles. The highest BCUT2D eigenvalue weighted by Crippen LogP contribution is 2.24. The van der Waals surface area contributed by atoms with Gasteiger partial charge in [0.05, 0.1) is 18.1 Å². The number of benzene rings is 1. The molecule has 1 aliphatic carbocycles. The van der Waals surface area contributed by atoms with Gasteiger partial charge in [0.2, 0.25) is 10.0 Å². The fourth-order valence-electron chi connectivity index (χ4n) is 3.21. The van der Waals surface area contributed by atoms with Gasteiger partial charge in [-0.15, -0.1) is 0 Å². The van der Waals surface area contributed by atoms with Gasteiger partial charge in [-0.25, -0.2) is 17.5 Å². The third kappa shape index (κ3) is 4.91. The van der Waals surface area contributed by atoms with Crippen LogP contribution in [0, 0.1) is 11.7 Å². The number of nitrogens with two attached hydrogens (primary N) is 1. The Morgan fingerprint density at radius 1 is 1.24 bits per heavy atom. The molecule has 2 aliphatic rings. The van der Waals surface area contributed by atoms with Gasteiger partial charge in [0.25, 0.3) is 0 Å². The molecule has 1 saturated carbocycles. The van der Waals surface area contributed by atoms with Gasteiger partial charge in [0.1, 0.15) is 0 Å². The lowest BCUT2D eigenvalue weighted by molar-refractivity contribution is 0.165. The van der Waals surface area contributed by atoms with Gasteiger partial charge in [-0.05, 0) is 50.3 Å². The third-order valence-corrected chi connectivity index (χ3v) is 6.32. The van der Waals surface area contributed by atoms with E-state index < -0.39 is 15.8 Å². The van der Waals surface area contributed by atoms with Crippen LogP contribution in [0.25, 0.3) is 0 Å². The second kappa shape index (κ2) is 7.99. The molecule has 0 amide bonds. The van der Waals surface area contributed by atoms with Crippen molar-refractivity contribution in [2.24, 2.45) is 11.7 Å². The molecule has 6 nitrogen and oxygen atoms in total. The molecule has 1 atom stereocenters. The summed E-state index contributed by atoms with van der Waals surface area (Å²) in [6, 6.07) is 3.75. The largest absolute Gasteiger partial charge is 0.490 e. The van der Waals surface area contributed by atoms with Crippen molar-refractivity contribution in [3.63, 3.8) is 0 Å². The molecule has 140 valence electrons. The van der Waals surface area contributed by atoms with Crippen LogP contribution in [-0.2, 0) is 14.8 Å². The van der Waals surface area contributed by atoms with Gasteiger partial charge in [-0.3, -0.25) is 0 Å². The predicted octanol–water partition coefficient (Wildman–Crippen LogP) is 1.79. The molecular formula is C17H25FN2O4S. The molecule has 1 aromatic rings. The predicted molar refractivity (Wildman–Crippen MR) is 91.4 cm³/mol. The topological polar surface area (TPSA) is 90.7 Å². The average Bonchev–Trinajstić information content (AvgIpc) is 3.09. The SMILES string of the molecule is NC1CCC(NS(=O)(=O)c2ccc(OCC3CCOC3)c(F)c2)CC1. The third-order valence-electron chi connectivity index (χ3n) is 4.81. The fraction of sp³-hybridized carbons (Fsp3) is 0.647. The van der Waals surface area contributed by atoms with Gasteiger partial charge < -0.3 is 15.2 Å². The first-order valence-corrected chi connectivity index (χ1v) is 10.2. The lowest BCUT2D eigenvalue weighted by atomic mass is 9.93. The van der Waals surface area contributed by atoms with E-state index >= 15 is 0 Å². The minimum atomic E-state index is -3.75. The number of hydrogen-bond donors (Lipinski definition) is 2. The Balaban J connectivity index is 1.62. The summed E-state index contributed by atoms with van der Waals surface area (Å²) in [6.45, 7) is 1.68. The van der Waals surface area contributed by atoms with Crippen LogP contribution in [0.4, 0.5) is 4.39 Å². The van der Waals surface area contributed by atoms with Crippen molar-refractivity contribution in [1.29, 1.82) is 0 Å². The second-order valence-electron chi connectivity index (χ2n) is 6.87. The Bertz CT molecular complexity index is 684. The zero-order valence-electron chi connectivity index (χ0n) is 14.1. The van der Waals surface area contributed by atoms with E-state index in [-0.39, 0.29) is 28.6 Å². The van der Waals surface area contributed by atoms with Crippen LogP contribution in [0.3, 0.4) is 0 Å². The molecule has 25 heavy (non-hydrogen) atoms. The van der Waals surface area contributed by atoms with E-state index in [1.165, 1.54) is 12.1 Å². The van der Waals surface area contributed by atoms with E-state index in [2.05, 4.69) is 4.72 Å². The Kier molecular flexibility index (Phi) is 5.93. The Hall–Kier alpha value is -1.22. The van der Waals surface area contributed by atoms with Crippen molar-refractivity contribution < 1.29 is 22.3 Å². The van der Waals surface area contributed by atoms with Crippen molar-refractivity contribution in [2.45, 2.75) is 49.1 Å². The summed E-state index contributed by atoms with van der Waals surface area (Å²) in [5.74, 6) is -0.357. The van der Waals surface area contributed by atoms with Crippen molar-refractivity contribution >= 4 is 10.0 Å². The highest BCUT2D eigenvalue weighted by atomic mass is 32.2. The molecule has 1 unspecified atom stereocenters. The lowest BCUT2D eigenvalue weighted by Gasteiger charge is -2.26. The van der Waals surface area contributed by atoms with Crippen LogP contribution < -0.4 is 15.2 Å². The maximum absolute atomic E-state index is 14.2.